The number of halogens is 1. The van der Waals surface area contributed by atoms with Crippen molar-refractivity contribution in [3.8, 4) is 28.4 Å². The standard InChI is InChI=1S/C23H19FN4O2/c1-3-27-20-8-5-15(11-17(20)18-12-16(29)6-9-21(18)27)28-22(13-25-26-28)14-4-7-19(24)23(10-14)30-2/h4-13,29H,3H2,1-2H3. The molecule has 0 aliphatic heterocycles. The van der Waals surface area contributed by atoms with E-state index in [1.165, 1.54) is 13.2 Å². The van der Waals surface area contributed by atoms with Crippen molar-refractivity contribution in [1.29, 1.82) is 0 Å². The molecule has 0 bridgehead atoms. The Morgan fingerprint density at radius 2 is 1.77 bits per heavy atom. The van der Waals surface area contributed by atoms with Gasteiger partial charge in [0.15, 0.2) is 11.6 Å². The number of aryl methyl sites for hydroxylation is 1. The van der Waals surface area contributed by atoms with Crippen LogP contribution in [-0.4, -0.2) is 31.8 Å². The zero-order valence-electron chi connectivity index (χ0n) is 16.5. The molecule has 0 atom stereocenters. The first-order valence-corrected chi connectivity index (χ1v) is 9.60. The van der Waals surface area contributed by atoms with E-state index >= 15 is 0 Å². The maximum Gasteiger partial charge on any atom is 0.165 e. The Bertz CT molecular complexity index is 1400. The molecule has 1 N–H and O–H groups in total. The summed E-state index contributed by atoms with van der Waals surface area (Å²) in [5.41, 5.74) is 4.41. The monoisotopic (exact) mass is 402 g/mol. The van der Waals surface area contributed by atoms with Crippen molar-refractivity contribution < 1.29 is 14.2 Å². The first-order valence-electron chi connectivity index (χ1n) is 9.60. The van der Waals surface area contributed by atoms with Gasteiger partial charge >= 0.3 is 0 Å². The summed E-state index contributed by atoms with van der Waals surface area (Å²) in [5.74, 6) is -0.0334. The number of methoxy groups -OCH3 is 1. The van der Waals surface area contributed by atoms with E-state index in [0.717, 1.165) is 45.3 Å². The maximum atomic E-state index is 13.8. The highest BCUT2D eigenvalue weighted by atomic mass is 19.1. The molecule has 5 rings (SSSR count). The van der Waals surface area contributed by atoms with Gasteiger partial charge in [0.2, 0.25) is 0 Å². The molecular formula is C23H19FN4O2. The van der Waals surface area contributed by atoms with E-state index < -0.39 is 5.82 Å². The van der Waals surface area contributed by atoms with Gasteiger partial charge in [-0.3, -0.25) is 0 Å². The summed E-state index contributed by atoms with van der Waals surface area (Å²) in [6.07, 6.45) is 1.64. The summed E-state index contributed by atoms with van der Waals surface area (Å²) in [4.78, 5) is 0. The number of rotatable bonds is 4. The fourth-order valence-electron chi connectivity index (χ4n) is 3.99. The van der Waals surface area contributed by atoms with E-state index in [4.69, 9.17) is 4.74 Å². The van der Waals surface area contributed by atoms with Gasteiger partial charge in [-0.1, -0.05) is 5.21 Å². The number of fused-ring (bicyclic) bond motifs is 3. The molecule has 2 aromatic heterocycles. The van der Waals surface area contributed by atoms with Gasteiger partial charge in [0, 0.05) is 33.9 Å². The fourth-order valence-corrected chi connectivity index (χ4v) is 3.99. The van der Waals surface area contributed by atoms with Crippen molar-refractivity contribution in [2.24, 2.45) is 0 Å². The van der Waals surface area contributed by atoms with Crippen LogP contribution >= 0.6 is 0 Å². The van der Waals surface area contributed by atoms with Crippen LogP contribution in [0.3, 0.4) is 0 Å². The minimum atomic E-state index is -0.422. The quantitative estimate of drug-likeness (QED) is 0.464. The van der Waals surface area contributed by atoms with Gasteiger partial charge in [-0.25, -0.2) is 9.07 Å². The van der Waals surface area contributed by atoms with E-state index in [2.05, 4.69) is 21.8 Å². The lowest BCUT2D eigenvalue weighted by Gasteiger charge is -2.09. The highest BCUT2D eigenvalue weighted by Crippen LogP contribution is 2.34. The van der Waals surface area contributed by atoms with Crippen molar-refractivity contribution in [2.75, 3.05) is 7.11 Å². The number of benzene rings is 3. The third-order valence-corrected chi connectivity index (χ3v) is 5.39. The van der Waals surface area contributed by atoms with Crippen LogP contribution in [0.5, 0.6) is 11.5 Å². The lowest BCUT2D eigenvalue weighted by molar-refractivity contribution is 0.387. The maximum absolute atomic E-state index is 13.8. The highest BCUT2D eigenvalue weighted by Gasteiger charge is 2.15. The Hall–Kier alpha value is -3.87. The second-order valence-electron chi connectivity index (χ2n) is 7.03. The van der Waals surface area contributed by atoms with E-state index in [9.17, 15) is 9.50 Å². The molecule has 7 heteroatoms. The minimum absolute atomic E-state index is 0.164. The number of aromatic hydroxyl groups is 1. The number of ether oxygens (including phenoxy) is 1. The first kappa shape index (κ1) is 18.2. The SMILES string of the molecule is CCn1c2ccc(O)cc2c2cc(-n3nncc3-c3ccc(F)c(OC)c3)ccc21. The molecule has 2 heterocycles. The van der Waals surface area contributed by atoms with Crippen LogP contribution in [0.25, 0.3) is 38.8 Å². The van der Waals surface area contributed by atoms with Crippen molar-refractivity contribution in [3.63, 3.8) is 0 Å². The van der Waals surface area contributed by atoms with Crippen molar-refractivity contribution >= 4 is 21.8 Å². The smallest absolute Gasteiger partial charge is 0.165 e. The van der Waals surface area contributed by atoms with Crippen LogP contribution in [0.15, 0.2) is 60.8 Å². The van der Waals surface area contributed by atoms with Crippen LogP contribution in [0.2, 0.25) is 0 Å². The van der Waals surface area contributed by atoms with Crippen LogP contribution in [0.4, 0.5) is 4.39 Å². The van der Waals surface area contributed by atoms with Crippen LogP contribution in [-0.2, 0) is 6.54 Å². The number of hydrogen-bond acceptors (Lipinski definition) is 4. The number of phenolic OH excluding ortho intramolecular Hbond substituents is 1. The third-order valence-electron chi connectivity index (χ3n) is 5.39. The lowest BCUT2D eigenvalue weighted by Crippen LogP contribution is -2.00. The van der Waals surface area contributed by atoms with Gasteiger partial charge in [0.25, 0.3) is 0 Å². The molecule has 6 nitrogen and oxygen atoms in total. The fraction of sp³-hybridized carbons (Fsp3) is 0.130. The van der Waals surface area contributed by atoms with E-state index in [1.54, 1.807) is 35.1 Å². The molecular weight excluding hydrogens is 383 g/mol. The Morgan fingerprint density at radius 3 is 2.53 bits per heavy atom. The van der Waals surface area contributed by atoms with Crippen LogP contribution in [0, 0.1) is 5.82 Å². The molecule has 0 saturated heterocycles. The second-order valence-corrected chi connectivity index (χ2v) is 7.03. The van der Waals surface area contributed by atoms with Gasteiger partial charge in [0.1, 0.15) is 5.75 Å². The summed E-state index contributed by atoms with van der Waals surface area (Å²) in [7, 11) is 1.44. The predicted molar refractivity (Wildman–Crippen MR) is 114 cm³/mol. The average Bonchev–Trinajstić information content (AvgIpc) is 3.36. The molecule has 0 spiro atoms. The largest absolute Gasteiger partial charge is 0.508 e. The van der Waals surface area contributed by atoms with Gasteiger partial charge in [-0.05, 0) is 61.5 Å². The summed E-state index contributed by atoms with van der Waals surface area (Å²) in [6, 6.07) is 16.1. The van der Waals surface area contributed by atoms with Crippen LogP contribution < -0.4 is 4.74 Å². The Labute approximate surface area is 171 Å². The first-order chi connectivity index (χ1) is 14.6. The third kappa shape index (κ3) is 2.70. The number of hydrogen-bond donors (Lipinski definition) is 1. The second kappa shape index (κ2) is 6.88. The summed E-state index contributed by atoms with van der Waals surface area (Å²) in [6.45, 7) is 2.91. The van der Waals surface area contributed by atoms with Gasteiger partial charge in [-0.2, -0.15) is 0 Å². The van der Waals surface area contributed by atoms with E-state index in [-0.39, 0.29) is 11.5 Å². The Balaban J connectivity index is 1.71. The topological polar surface area (TPSA) is 65.1 Å². The molecule has 0 aliphatic carbocycles. The summed E-state index contributed by atoms with van der Waals surface area (Å²) in [5, 5.41) is 20.3. The van der Waals surface area contributed by atoms with Crippen LogP contribution in [0.1, 0.15) is 6.92 Å². The molecule has 0 radical (unpaired) electrons. The lowest BCUT2D eigenvalue weighted by atomic mass is 10.1. The molecule has 0 aliphatic rings. The van der Waals surface area contributed by atoms with Gasteiger partial charge in [0.05, 0.1) is 24.7 Å². The van der Waals surface area contributed by atoms with E-state index in [1.807, 2.05) is 24.3 Å². The molecule has 0 unspecified atom stereocenters. The predicted octanol–water partition coefficient (Wildman–Crippen LogP) is 4.92. The molecule has 5 aromatic rings. The van der Waals surface area contributed by atoms with Crippen molar-refractivity contribution in [1.82, 2.24) is 19.6 Å². The molecule has 0 saturated carbocycles. The molecule has 0 amide bonds. The Morgan fingerprint density at radius 1 is 1.00 bits per heavy atom. The molecule has 3 aromatic carbocycles. The molecule has 150 valence electrons. The molecule has 30 heavy (non-hydrogen) atoms. The van der Waals surface area contributed by atoms with Crippen molar-refractivity contribution in [3.05, 3.63) is 66.6 Å². The van der Waals surface area contributed by atoms with Gasteiger partial charge < -0.3 is 14.4 Å². The zero-order valence-corrected chi connectivity index (χ0v) is 16.5. The normalized spacial score (nSPS) is 11.4. The van der Waals surface area contributed by atoms with Crippen molar-refractivity contribution in [2.45, 2.75) is 13.5 Å². The number of nitrogens with zero attached hydrogens (tertiary/aromatic N) is 4. The van der Waals surface area contributed by atoms with E-state index in [0.29, 0.717) is 0 Å². The average molecular weight is 402 g/mol. The number of phenols is 1. The molecule has 0 fully saturated rings. The zero-order chi connectivity index (χ0) is 20.8. The number of aromatic nitrogens is 4. The minimum Gasteiger partial charge on any atom is -0.508 e. The Kier molecular flexibility index (Phi) is 4.17. The summed E-state index contributed by atoms with van der Waals surface area (Å²) < 4.78 is 22.9. The van der Waals surface area contributed by atoms with Gasteiger partial charge in [-0.15, -0.1) is 5.10 Å². The highest BCUT2D eigenvalue weighted by molar-refractivity contribution is 6.09. The summed E-state index contributed by atoms with van der Waals surface area (Å²) >= 11 is 0.